The number of rotatable bonds is 7. The van der Waals surface area contributed by atoms with Crippen LogP contribution in [0.2, 0.25) is 0 Å². The first-order chi connectivity index (χ1) is 11.9. The first kappa shape index (κ1) is 18.6. The molecular weight excluding hydrogens is 354 g/mol. The zero-order valence-corrected chi connectivity index (χ0v) is 16.6. The summed E-state index contributed by atoms with van der Waals surface area (Å²) < 4.78 is 27.7. The number of piperidine rings is 1. The van der Waals surface area contributed by atoms with Gasteiger partial charge in [0, 0.05) is 6.54 Å². The maximum absolute atomic E-state index is 12.0. The number of anilines is 1. The maximum atomic E-state index is 12.0. The lowest BCUT2D eigenvalue weighted by Crippen LogP contribution is -2.32. The number of nitrogens with one attached hydrogen (secondary N) is 1. The van der Waals surface area contributed by atoms with Gasteiger partial charge in [0.2, 0.25) is 10.0 Å². The summed E-state index contributed by atoms with van der Waals surface area (Å²) in [6, 6.07) is 6.25. The first-order valence-corrected chi connectivity index (χ1v) is 11.5. The average Bonchev–Trinajstić information content (AvgIpc) is 2.96. The van der Waals surface area contributed by atoms with E-state index in [0.717, 1.165) is 42.2 Å². The molecule has 1 saturated heterocycles. The molecule has 3 rings (SSSR count). The normalized spacial score (nSPS) is 17.2. The molecule has 1 N–H and O–H groups in total. The highest BCUT2D eigenvalue weighted by molar-refractivity contribution is 7.92. The summed E-state index contributed by atoms with van der Waals surface area (Å²) in [6.07, 6.45) is 4.07. The van der Waals surface area contributed by atoms with Crippen LogP contribution in [-0.2, 0) is 16.6 Å². The fourth-order valence-corrected chi connectivity index (χ4v) is 5.52. The summed E-state index contributed by atoms with van der Waals surface area (Å²) in [6.45, 7) is 7.58. The van der Waals surface area contributed by atoms with Crippen molar-refractivity contribution in [2.75, 3.05) is 23.6 Å². The van der Waals surface area contributed by atoms with Crippen LogP contribution in [0.5, 0.6) is 0 Å². The van der Waals surface area contributed by atoms with E-state index >= 15 is 0 Å². The van der Waals surface area contributed by atoms with E-state index in [1.807, 2.05) is 13.0 Å². The van der Waals surface area contributed by atoms with Gasteiger partial charge in [0.05, 0.1) is 16.0 Å². The van der Waals surface area contributed by atoms with Gasteiger partial charge in [-0.05, 0) is 56.0 Å². The number of thiazole rings is 1. The third-order valence-corrected chi connectivity index (χ3v) is 7.14. The molecule has 1 aromatic heterocycles. The van der Waals surface area contributed by atoms with Gasteiger partial charge >= 0.3 is 0 Å². The Morgan fingerprint density at radius 3 is 2.80 bits per heavy atom. The summed E-state index contributed by atoms with van der Waals surface area (Å²) in [4.78, 5) is 6.92. The molecule has 0 amide bonds. The molecule has 25 heavy (non-hydrogen) atoms. The van der Waals surface area contributed by atoms with Gasteiger partial charge < -0.3 is 0 Å². The molecule has 0 unspecified atom stereocenters. The Kier molecular flexibility index (Phi) is 5.96. The number of aromatic nitrogens is 1. The predicted octanol–water partition coefficient (Wildman–Crippen LogP) is 4.07. The molecule has 1 aliphatic rings. The summed E-state index contributed by atoms with van der Waals surface area (Å²) in [5, 5.41) is 0.468. The number of benzene rings is 1. The second-order valence-corrected chi connectivity index (χ2v) is 9.93. The smallest absolute Gasteiger partial charge is 0.234 e. The maximum Gasteiger partial charge on any atom is 0.234 e. The van der Waals surface area contributed by atoms with E-state index in [1.165, 1.54) is 29.7 Å². The van der Waals surface area contributed by atoms with Crippen molar-refractivity contribution in [3.05, 3.63) is 23.8 Å². The van der Waals surface area contributed by atoms with Crippen LogP contribution in [0, 0.1) is 5.92 Å². The molecule has 0 saturated carbocycles. The van der Waals surface area contributed by atoms with Gasteiger partial charge in [-0.3, -0.25) is 9.62 Å². The quantitative estimate of drug-likeness (QED) is 0.785. The van der Waals surface area contributed by atoms with Crippen molar-refractivity contribution < 1.29 is 8.42 Å². The molecular formula is C18H27N3O2S2. The molecule has 1 aromatic carbocycles. The Hall–Kier alpha value is -1.18. The third-order valence-electron chi connectivity index (χ3n) is 4.74. The lowest BCUT2D eigenvalue weighted by molar-refractivity contribution is 0.185. The van der Waals surface area contributed by atoms with Crippen LogP contribution < -0.4 is 4.72 Å². The molecule has 0 bridgehead atoms. The fourth-order valence-electron chi connectivity index (χ4n) is 3.11. The Morgan fingerprint density at radius 1 is 1.32 bits per heavy atom. The van der Waals surface area contributed by atoms with Crippen LogP contribution in [0.15, 0.2) is 18.2 Å². The average molecular weight is 382 g/mol. The minimum absolute atomic E-state index is 0.151. The predicted molar refractivity (Wildman–Crippen MR) is 106 cm³/mol. The van der Waals surface area contributed by atoms with Crippen LogP contribution >= 0.6 is 11.3 Å². The van der Waals surface area contributed by atoms with Crippen molar-refractivity contribution in [3.63, 3.8) is 0 Å². The van der Waals surface area contributed by atoms with Crippen LogP contribution in [0.25, 0.3) is 10.2 Å². The summed E-state index contributed by atoms with van der Waals surface area (Å²) in [5.74, 6) is 0.987. The van der Waals surface area contributed by atoms with Gasteiger partial charge in [-0.25, -0.2) is 13.4 Å². The van der Waals surface area contributed by atoms with E-state index in [9.17, 15) is 8.42 Å². The van der Waals surface area contributed by atoms with Crippen molar-refractivity contribution in [2.24, 2.45) is 5.92 Å². The van der Waals surface area contributed by atoms with Crippen molar-refractivity contribution in [1.29, 1.82) is 0 Å². The second-order valence-electron chi connectivity index (χ2n) is 7.05. The number of unbranched alkanes of at least 4 members (excludes halogenated alkanes) is 1. The Balaban J connectivity index is 1.69. The highest BCUT2D eigenvalue weighted by atomic mass is 32.2. The molecule has 2 aromatic rings. The summed E-state index contributed by atoms with van der Waals surface area (Å²) in [7, 11) is -3.29. The highest BCUT2D eigenvalue weighted by Crippen LogP contribution is 2.28. The standard InChI is InChI=1S/C18H27N3O2S2/c1-3-4-11-25(22,23)20-18-19-16-6-5-15(12-17(16)24-18)13-21-9-7-14(2)8-10-21/h5-6,12,14H,3-4,7-11,13H2,1-2H3,(H,19,20). The van der Waals surface area contributed by atoms with Crippen molar-refractivity contribution in [1.82, 2.24) is 9.88 Å². The van der Waals surface area contributed by atoms with Gasteiger partial charge in [0.1, 0.15) is 0 Å². The van der Waals surface area contributed by atoms with Crippen molar-refractivity contribution >= 4 is 36.7 Å². The highest BCUT2D eigenvalue weighted by Gasteiger charge is 2.17. The number of sulfonamides is 1. The van der Waals surface area contributed by atoms with Crippen molar-refractivity contribution in [2.45, 2.75) is 46.1 Å². The molecule has 5 nitrogen and oxygen atoms in total. The number of likely N-dealkylation sites (tertiary alicyclic amines) is 1. The molecule has 0 aliphatic carbocycles. The zero-order valence-electron chi connectivity index (χ0n) is 15.0. The SMILES string of the molecule is CCCCS(=O)(=O)Nc1nc2ccc(CN3CCC(C)CC3)cc2s1. The van der Waals surface area contributed by atoms with Gasteiger partial charge in [-0.2, -0.15) is 0 Å². The molecule has 0 spiro atoms. The molecule has 7 heteroatoms. The van der Waals surface area contributed by atoms with Crippen molar-refractivity contribution in [3.8, 4) is 0 Å². The lowest BCUT2D eigenvalue weighted by Gasteiger charge is -2.30. The minimum atomic E-state index is -3.29. The summed E-state index contributed by atoms with van der Waals surface area (Å²) in [5.41, 5.74) is 2.13. The molecule has 0 radical (unpaired) electrons. The zero-order chi connectivity index (χ0) is 17.9. The van der Waals surface area contributed by atoms with Crippen LogP contribution in [0.3, 0.4) is 0 Å². The van der Waals surface area contributed by atoms with Gasteiger partial charge in [0.25, 0.3) is 0 Å². The Bertz CT molecular complexity index is 809. The number of hydrogen-bond donors (Lipinski definition) is 1. The second kappa shape index (κ2) is 8.01. The largest absolute Gasteiger partial charge is 0.299 e. The molecule has 2 heterocycles. The Morgan fingerprint density at radius 2 is 2.08 bits per heavy atom. The minimum Gasteiger partial charge on any atom is -0.299 e. The van der Waals surface area contributed by atoms with Gasteiger partial charge in [-0.15, -0.1) is 0 Å². The number of hydrogen-bond acceptors (Lipinski definition) is 5. The topological polar surface area (TPSA) is 62.3 Å². The van der Waals surface area contributed by atoms with E-state index < -0.39 is 10.0 Å². The summed E-state index contributed by atoms with van der Waals surface area (Å²) >= 11 is 1.41. The third kappa shape index (κ3) is 5.15. The van der Waals surface area contributed by atoms with E-state index in [-0.39, 0.29) is 5.75 Å². The van der Waals surface area contributed by atoms with E-state index in [2.05, 4.69) is 33.7 Å². The van der Waals surface area contributed by atoms with Crippen LogP contribution in [0.4, 0.5) is 5.13 Å². The van der Waals surface area contributed by atoms with E-state index in [1.54, 1.807) is 0 Å². The van der Waals surface area contributed by atoms with Gasteiger partial charge in [-0.1, -0.05) is 37.7 Å². The molecule has 0 atom stereocenters. The van der Waals surface area contributed by atoms with Crippen LogP contribution in [0.1, 0.15) is 45.1 Å². The monoisotopic (exact) mass is 381 g/mol. The van der Waals surface area contributed by atoms with Crippen LogP contribution in [-0.4, -0.2) is 37.1 Å². The fraction of sp³-hybridized carbons (Fsp3) is 0.611. The first-order valence-electron chi connectivity index (χ1n) is 9.07. The molecule has 1 fully saturated rings. The number of nitrogens with zero attached hydrogens (tertiary/aromatic N) is 2. The van der Waals surface area contributed by atoms with E-state index in [0.29, 0.717) is 11.6 Å². The number of fused-ring (bicyclic) bond motifs is 1. The van der Waals surface area contributed by atoms with Gasteiger partial charge in [0.15, 0.2) is 5.13 Å². The molecule has 138 valence electrons. The van der Waals surface area contributed by atoms with E-state index in [4.69, 9.17) is 0 Å². The lowest BCUT2D eigenvalue weighted by atomic mass is 9.99. The molecule has 1 aliphatic heterocycles. The Labute approximate surface area is 154 Å².